The zero-order valence-electron chi connectivity index (χ0n) is 41.8. The average Bonchev–Trinajstić information content (AvgIpc) is 4.09. The number of fused-ring (bicyclic) bond motifs is 2. The van der Waals surface area contributed by atoms with Crippen LogP contribution in [0, 0.1) is 5.92 Å². The van der Waals surface area contributed by atoms with Crippen molar-refractivity contribution in [3.05, 3.63) is 25.3 Å². The SMILES string of the molecule is CCCCCCCCCCCCCCCCCN(C[C@H]1O[C@@H](n2cnc3c(N)ncnc32)[C@H](OC)[C@@H]1OP(=O)(O)OC(C)C)C(=O)C[C@H]1[C@@H](OC)[C@H](n2cnc3c(N)ncnc32)O[C@@H]1COC(C)C. The van der Waals surface area contributed by atoms with Gasteiger partial charge < -0.3 is 44.9 Å². The first-order chi connectivity index (χ1) is 33.3. The molecule has 21 nitrogen and oxygen atoms in total. The molecule has 386 valence electrons. The van der Waals surface area contributed by atoms with Gasteiger partial charge in [-0.05, 0) is 34.1 Å². The van der Waals surface area contributed by atoms with Crippen LogP contribution in [-0.4, -0.2) is 131 Å². The number of carbonyl (C=O) groups excluding carboxylic acids is 1. The number of carbonyl (C=O) groups is 1. The van der Waals surface area contributed by atoms with E-state index in [1.54, 1.807) is 41.3 Å². The molecule has 1 unspecified atom stereocenters. The van der Waals surface area contributed by atoms with Crippen LogP contribution in [0.1, 0.15) is 150 Å². The van der Waals surface area contributed by atoms with Crippen LogP contribution in [0.25, 0.3) is 22.3 Å². The third-order valence-electron chi connectivity index (χ3n) is 13.0. The number of methoxy groups -OCH3 is 2. The molecule has 4 aromatic heterocycles. The summed E-state index contributed by atoms with van der Waals surface area (Å²) in [5.74, 6) is -0.286. The summed E-state index contributed by atoms with van der Waals surface area (Å²) in [6.45, 7) is 9.96. The first-order valence-electron chi connectivity index (χ1n) is 25.1. The van der Waals surface area contributed by atoms with Gasteiger partial charge in [-0.15, -0.1) is 0 Å². The molecule has 2 aliphatic heterocycles. The lowest BCUT2D eigenvalue weighted by Gasteiger charge is -2.31. The van der Waals surface area contributed by atoms with Crippen LogP contribution in [0.3, 0.4) is 0 Å². The van der Waals surface area contributed by atoms with Crippen LogP contribution >= 0.6 is 7.82 Å². The molecule has 2 aliphatic rings. The fraction of sp³-hybridized carbons (Fsp3) is 0.766. The Balaban J connectivity index is 1.22. The normalized spacial score (nSPS) is 23.8. The van der Waals surface area contributed by atoms with E-state index in [9.17, 15) is 9.46 Å². The summed E-state index contributed by atoms with van der Waals surface area (Å²) in [6, 6.07) is 0. The third-order valence-corrected chi connectivity index (χ3v) is 14.2. The highest BCUT2D eigenvalue weighted by Gasteiger charge is 2.52. The standard InChI is InChI=1S/C47H78N11O10P/c1-8-9-10-11-12-13-14-15-16-17-18-19-20-21-22-23-56(36(59)24-33-35(26-64-31(2)3)66-46(39(33)62-6)57-29-54-37-42(48)50-27-52-44(37)57)25-34-40(68-69(60,61)67-32(4)5)41(63-7)47(65-34)58-30-55-38-43(49)51-28-53-45(38)58/h27-35,39-41,46-47H,8-26H2,1-7H3,(H,60,61)(H2,48,50,52)(H2,49,51,53)/t33-,34-,35-,39-,40-,41-,46-,47-/m1/s1. The molecular weight excluding hydrogens is 910 g/mol. The number of hydrogen-bond donors (Lipinski definition) is 3. The maximum absolute atomic E-state index is 15.1. The molecule has 6 rings (SSSR count). The van der Waals surface area contributed by atoms with E-state index in [0.717, 1.165) is 25.7 Å². The number of nitrogens with zero attached hydrogens (tertiary/aromatic N) is 9. The second-order valence-corrected chi connectivity index (χ2v) is 20.3. The van der Waals surface area contributed by atoms with Crippen molar-refractivity contribution in [3.63, 3.8) is 0 Å². The van der Waals surface area contributed by atoms with Crippen LogP contribution < -0.4 is 11.5 Å². The van der Waals surface area contributed by atoms with Crippen molar-refractivity contribution in [2.75, 3.05) is 45.4 Å². The van der Waals surface area contributed by atoms with Gasteiger partial charge in [-0.25, -0.2) is 34.5 Å². The molecule has 9 atom stereocenters. The number of rotatable bonds is 31. The highest BCUT2D eigenvalue weighted by molar-refractivity contribution is 7.47. The van der Waals surface area contributed by atoms with Crippen molar-refractivity contribution >= 4 is 47.7 Å². The van der Waals surface area contributed by atoms with Gasteiger partial charge in [0, 0.05) is 39.6 Å². The van der Waals surface area contributed by atoms with Crippen LogP contribution in [-0.2, 0) is 42.1 Å². The number of phosphoric ester groups is 1. The summed E-state index contributed by atoms with van der Waals surface area (Å²) >= 11 is 0. The Bertz CT molecular complexity index is 2230. The summed E-state index contributed by atoms with van der Waals surface area (Å²) < 4.78 is 60.0. The van der Waals surface area contributed by atoms with Gasteiger partial charge in [-0.1, -0.05) is 96.8 Å². The lowest BCUT2D eigenvalue weighted by molar-refractivity contribution is -0.137. The van der Waals surface area contributed by atoms with Crippen LogP contribution in [0.2, 0.25) is 0 Å². The number of ether oxygens (including phenoxy) is 5. The quantitative estimate of drug-likeness (QED) is 0.0322. The van der Waals surface area contributed by atoms with Gasteiger partial charge in [0.25, 0.3) is 0 Å². The van der Waals surface area contributed by atoms with Crippen LogP contribution in [0.15, 0.2) is 25.3 Å². The monoisotopic (exact) mass is 988 g/mol. The number of aromatic nitrogens is 8. The number of anilines is 2. The van der Waals surface area contributed by atoms with Crippen molar-refractivity contribution in [3.8, 4) is 0 Å². The second-order valence-electron chi connectivity index (χ2n) is 18.9. The Kier molecular flexibility index (Phi) is 20.9. The minimum absolute atomic E-state index is 0.0102. The van der Waals surface area contributed by atoms with E-state index in [1.807, 2.05) is 13.8 Å². The Morgan fingerprint density at radius 1 is 0.710 bits per heavy atom. The highest BCUT2D eigenvalue weighted by Crippen LogP contribution is 2.50. The fourth-order valence-corrected chi connectivity index (χ4v) is 10.7. The minimum atomic E-state index is -4.68. The lowest BCUT2D eigenvalue weighted by atomic mass is 9.93. The molecule has 69 heavy (non-hydrogen) atoms. The molecule has 0 bridgehead atoms. The topological polar surface area (TPSA) is 261 Å². The summed E-state index contributed by atoms with van der Waals surface area (Å²) in [5.41, 5.74) is 13.9. The molecule has 22 heteroatoms. The van der Waals surface area contributed by atoms with Gasteiger partial charge in [0.1, 0.15) is 48.1 Å². The fourth-order valence-electron chi connectivity index (χ4n) is 9.55. The zero-order chi connectivity index (χ0) is 49.5. The number of amides is 1. The van der Waals surface area contributed by atoms with Crippen LogP contribution in [0.5, 0.6) is 0 Å². The second kappa shape index (κ2) is 26.5. The molecular formula is C47H78N11O10P. The molecule has 0 spiro atoms. The van der Waals surface area contributed by atoms with E-state index in [4.69, 9.17) is 44.2 Å². The van der Waals surface area contributed by atoms with E-state index >= 15 is 4.79 Å². The van der Waals surface area contributed by atoms with Gasteiger partial charge in [0.2, 0.25) is 5.91 Å². The Labute approximate surface area is 406 Å². The number of nitrogen functional groups attached to an aromatic ring is 2. The molecule has 0 saturated carbocycles. The largest absolute Gasteiger partial charge is 0.472 e. The predicted molar refractivity (Wildman–Crippen MR) is 261 cm³/mol. The molecule has 0 radical (unpaired) electrons. The van der Waals surface area contributed by atoms with E-state index < -0.39 is 62.8 Å². The highest BCUT2D eigenvalue weighted by atomic mass is 31.2. The van der Waals surface area contributed by atoms with Crippen molar-refractivity contribution in [1.82, 2.24) is 43.9 Å². The van der Waals surface area contributed by atoms with Gasteiger partial charge in [0.15, 0.2) is 35.4 Å². The van der Waals surface area contributed by atoms with E-state index in [-0.39, 0.29) is 43.2 Å². The molecule has 6 heterocycles. The molecule has 2 saturated heterocycles. The smallest absolute Gasteiger partial charge is 0.382 e. The molecule has 5 N–H and O–H groups in total. The number of phosphoric acid groups is 1. The number of unbranched alkanes of at least 4 members (excludes halogenated alkanes) is 14. The molecule has 2 fully saturated rings. The molecule has 0 aliphatic carbocycles. The van der Waals surface area contributed by atoms with Crippen molar-refractivity contribution < 1.29 is 47.0 Å². The van der Waals surface area contributed by atoms with E-state index in [1.165, 1.54) is 96.7 Å². The molecule has 4 aromatic rings. The zero-order valence-corrected chi connectivity index (χ0v) is 42.7. The van der Waals surface area contributed by atoms with Gasteiger partial charge in [0.05, 0.1) is 37.6 Å². The van der Waals surface area contributed by atoms with E-state index in [2.05, 4.69) is 36.8 Å². The summed E-state index contributed by atoms with van der Waals surface area (Å²) in [4.78, 5) is 53.8. The first kappa shape index (κ1) is 54.4. The Morgan fingerprint density at radius 3 is 1.70 bits per heavy atom. The van der Waals surface area contributed by atoms with Gasteiger partial charge in [-0.2, -0.15) is 0 Å². The molecule has 0 aromatic carbocycles. The Morgan fingerprint density at radius 2 is 1.20 bits per heavy atom. The Hall–Kier alpha value is -3.92. The first-order valence-corrected chi connectivity index (χ1v) is 26.6. The lowest BCUT2D eigenvalue weighted by Crippen LogP contribution is -2.46. The maximum Gasteiger partial charge on any atom is 0.472 e. The molecule has 1 amide bonds. The van der Waals surface area contributed by atoms with Gasteiger partial charge >= 0.3 is 7.82 Å². The van der Waals surface area contributed by atoms with Crippen LogP contribution in [0.4, 0.5) is 11.6 Å². The summed E-state index contributed by atoms with van der Waals surface area (Å²) in [5, 5.41) is 0. The van der Waals surface area contributed by atoms with Crippen molar-refractivity contribution in [2.45, 2.75) is 193 Å². The summed E-state index contributed by atoms with van der Waals surface area (Å²) in [6.07, 6.45) is 17.1. The third kappa shape index (κ3) is 14.6. The van der Waals surface area contributed by atoms with E-state index in [0.29, 0.717) is 28.9 Å². The number of nitrogens with two attached hydrogens (primary N) is 2. The van der Waals surface area contributed by atoms with Crippen molar-refractivity contribution in [1.29, 1.82) is 0 Å². The summed E-state index contributed by atoms with van der Waals surface area (Å²) in [7, 11) is -1.64. The predicted octanol–water partition coefficient (Wildman–Crippen LogP) is 7.70. The minimum Gasteiger partial charge on any atom is -0.382 e. The number of imidazole rings is 2. The number of hydrogen-bond acceptors (Lipinski definition) is 17. The van der Waals surface area contributed by atoms with Gasteiger partial charge in [-0.3, -0.25) is 23.0 Å². The average molecular weight is 988 g/mol. The van der Waals surface area contributed by atoms with Crippen molar-refractivity contribution in [2.24, 2.45) is 5.92 Å². The maximum atomic E-state index is 15.1.